The topological polar surface area (TPSA) is 102 Å². The Morgan fingerprint density at radius 1 is 1.15 bits per heavy atom. The second kappa shape index (κ2) is 10.5. The fourth-order valence-corrected chi connectivity index (χ4v) is 4.12. The third-order valence-corrected chi connectivity index (χ3v) is 6.12. The number of amides is 3. The monoisotopic (exact) mass is 574 g/mol. The van der Waals surface area contributed by atoms with Crippen LogP contribution >= 0.6 is 22.6 Å². The predicted octanol–water partition coefficient (Wildman–Crippen LogP) is 5.39. The van der Waals surface area contributed by atoms with Gasteiger partial charge in [-0.2, -0.15) is 0 Å². The molecular formula is C25H27IN4O4. The molecule has 1 heterocycles. The molecule has 9 heteroatoms. The van der Waals surface area contributed by atoms with Gasteiger partial charge in [-0.1, -0.05) is 22.6 Å². The molecule has 0 aliphatic heterocycles. The summed E-state index contributed by atoms with van der Waals surface area (Å²) in [4.78, 5) is 29.3. The number of hydrogen-bond acceptors (Lipinski definition) is 5. The van der Waals surface area contributed by atoms with Gasteiger partial charge >= 0.3 is 6.03 Å². The highest BCUT2D eigenvalue weighted by molar-refractivity contribution is 14.1. The standard InChI is InChI=1S/C25H27IN4O4/c1-14(2)28-24(31)19-11-18-21(12-23(19)33-3)27-9-8-22(18)34-17-6-7-20(15(10-17)13-26)30-25(32)29-16-4-5-16/h6-12,14,16H,4-5,13H2,1-3H3,(H,28,31)(H2,29,30,32). The van der Waals surface area contributed by atoms with Crippen molar-refractivity contribution in [1.29, 1.82) is 0 Å². The van der Waals surface area contributed by atoms with Crippen molar-refractivity contribution in [2.75, 3.05) is 12.4 Å². The first kappa shape index (κ1) is 24.1. The van der Waals surface area contributed by atoms with Gasteiger partial charge < -0.3 is 25.4 Å². The minimum absolute atomic E-state index is 0.0114. The van der Waals surface area contributed by atoms with Crippen molar-refractivity contribution in [2.45, 2.75) is 43.2 Å². The van der Waals surface area contributed by atoms with Gasteiger partial charge in [0.05, 0.1) is 18.2 Å². The van der Waals surface area contributed by atoms with Gasteiger partial charge in [-0.25, -0.2) is 4.79 Å². The largest absolute Gasteiger partial charge is 0.496 e. The molecule has 178 valence electrons. The summed E-state index contributed by atoms with van der Waals surface area (Å²) in [6, 6.07) is 10.9. The number of nitrogens with one attached hydrogen (secondary N) is 3. The number of carbonyl (C=O) groups excluding carboxylic acids is 2. The van der Waals surface area contributed by atoms with Crippen LogP contribution in [0.25, 0.3) is 10.9 Å². The molecule has 0 spiro atoms. The number of carbonyl (C=O) groups is 2. The summed E-state index contributed by atoms with van der Waals surface area (Å²) in [5.74, 6) is 1.41. The van der Waals surface area contributed by atoms with Crippen LogP contribution < -0.4 is 25.4 Å². The molecule has 3 aromatic rings. The molecule has 0 saturated heterocycles. The van der Waals surface area contributed by atoms with E-state index in [-0.39, 0.29) is 24.0 Å². The van der Waals surface area contributed by atoms with Gasteiger partial charge in [0, 0.05) is 39.8 Å². The summed E-state index contributed by atoms with van der Waals surface area (Å²) in [7, 11) is 1.53. The van der Waals surface area contributed by atoms with Crippen LogP contribution in [0.4, 0.5) is 10.5 Å². The first-order valence-corrected chi connectivity index (χ1v) is 12.6. The highest BCUT2D eigenvalue weighted by Crippen LogP contribution is 2.35. The highest BCUT2D eigenvalue weighted by atomic mass is 127. The first-order valence-electron chi connectivity index (χ1n) is 11.1. The molecule has 1 aromatic heterocycles. The number of benzene rings is 2. The maximum Gasteiger partial charge on any atom is 0.319 e. The summed E-state index contributed by atoms with van der Waals surface area (Å²) in [5.41, 5.74) is 2.76. The zero-order valence-corrected chi connectivity index (χ0v) is 21.4. The van der Waals surface area contributed by atoms with Crippen molar-refractivity contribution < 1.29 is 19.1 Å². The number of nitrogens with zero attached hydrogens (tertiary/aromatic N) is 1. The lowest BCUT2D eigenvalue weighted by Gasteiger charge is -2.15. The molecule has 3 N–H and O–H groups in total. The molecule has 34 heavy (non-hydrogen) atoms. The Kier molecular flexibility index (Phi) is 7.40. The van der Waals surface area contributed by atoms with Crippen LogP contribution in [0.5, 0.6) is 17.2 Å². The van der Waals surface area contributed by atoms with Crippen LogP contribution in [0.1, 0.15) is 42.6 Å². The lowest BCUT2D eigenvalue weighted by Crippen LogP contribution is -2.30. The molecular weight excluding hydrogens is 547 g/mol. The number of methoxy groups -OCH3 is 1. The quantitative estimate of drug-likeness (QED) is 0.247. The number of urea groups is 1. The molecule has 1 saturated carbocycles. The Morgan fingerprint density at radius 3 is 2.62 bits per heavy atom. The summed E-state index contributed by atoms with van der Waals surface area (Å²) in [5, 5.41) is 9.45. The molecule has 8 nitrogen and oxygen atoms in total. The predicted molar refractivity (Wildman–Crippen MR) is 140 cm³/mol. The smallest absolute Gasteiger partial charge is 0.319 e. The van der Waals surface area contributed by atoms with Crippen molar-refractivity contribution in [3.8, 4) is 17.2 Å². The Bertz CT molecular complexity index is 1230. The number of hydrogen-bond donors (Lipinski definition) is 3. The fraction of sp³-hybridized carbons (Fsp3) is 0.320. The molecule has 1 aliphatic rings. The SMILES string of the molecule is COc1cc2nccc(Oc3ccc(NC(=O)NC4CC4)c(CI)c3)c2cc1C(=O)NC(C)C. The number of pyridine rings is 1. The Hall–Kier alpha value is -3.08. The molecule has 0 atom stereocenters. The second-order valence-electron chi connectivity index (χ2n) is 8.43. The number of ether oxygens (including phenoxy) is 2. The third-order valence-electron chi connectivity index (χ3n) is 5.30. The summed E-state index contributed by atoms with van der Waals surface area (Å²) >= 11 is 2.26. The maximum absolute atomic E-state index is 12.7. The number of fused-ring (bicyclic) bond motifs is 1. The van der Waals surface area contributed by atoms with Crippen molar-refractivity contribution in [3.05, 3.63) is 53.7 Å². The summed E-state index contributed by atoms with van der Waals surface area (Å²) < 4.78 is 12.3. The van der Waals surface area contributed by atoms with E-state index < -0.39 is 0 Å². The van der Waals surface area contributed by atoms with Crippen molar-refractivity contribution >= 4 is 51.1 Å². The van der Waals surface area contributed by atoms with E-state index in [1.54, 1.807) is 24.4 Å². The van der Waals surface area contributed by atoms with E-state index in [1.165, 1.54) is 7.11 Å². The lowest BCUT2D eigenvalue weighted by atomic mass is 10.1. The molecule has 0 bridgehead atoms. The zero-order chi connectivity index (χ0) is 24.2. The Morgan fingerprint density at radius 2 is 1.94 bits per heavy atom. The van der Waals surface area contributed by atoms with Gasteiger partial charge in [-0.15, -0.1) is 0 Å². The summed E-state index contributed by atoms with van der Waals surface area (Å²) in [6.45, 7) is 3.81. The van der Waals surface area contributed by atoms with Gasteiger partial charge in [-0.05, 0) is 62.6 Å². The van der Waals surface area contributed by atoms with Crippen molar-refractivity contribution in [2.24, 2.45) is 0 Å². The van der Waals surface area contributed by atoms with E-state index in [0.717, 1.165) is 24.1 Å². The van der Waals surface area contributed by atoms with Gasteiger partial charge in [0.2, 0.25) is 0 Å². The van der Waals surface area contributed by atoms with Gasteiger partial charge in [0.1, 0.15) is 17.2 Å². The Labute approximate surface area is 211 Å². The third kappa shape index (κ3) is 5.69. The highest BCUT2D eigenvalue weighted by Gasteiger charge is 2.23. The zero-order valence-electron chi connectivity index (χ0n) is 19.3. The minimum atomic E-state index is -0.226. The molecule has 4 rings (SSSR count). The number of alkyl halides is 1. The van der Waals surface area contributed by atoms with Crippen LogP contribution in [-0.4, -0.2) is 36.1 Å². The number of aromatic nitrogens is 1. The van der Waals surface area contributed by atoms with Crippen LogP contribution in [0.15, 0.2) is 42.6 Å². The van der Waals surface area contributed by atoms with Crippen LogP contribution in [0.2, 0.25) is 0 Å². The average Bonchev–Trinajstić information content (AvgIpc) is 3.62. The average molecular weight is 574 g/mol. The van der Waals surface area contributed by atoms with E-state index in [0.29, 0.717) is 38.1 Å². The normalized spacial score (nSPS) is 13.0. The van der Waals surface area contributed by atoms with E-state index in [9.17, 15) is 9.59 Å². The van der Waals surface area contributed by atoms with Gasteiger partial charge in [0.15, 0.2) is 0 Å². The second-order valence-corrected chi connectivity index (χ2v) is 9.20. The Balaban J connectivity index is 1.63. The van der Waals surface area contributed by atoms with E-state index in [1.807, 2.05) is 32.0 Å². The van der Waals surface area contributed by atoms with Gasteiger partial charge in [0.25, 0.3) is 5.91 Å². The van der Waals surface area contributed by atoms with Crippen molar-refractivity contribution in [3.63, 3.8) is 0 Å². The van der Waals surface area contributed by atoms with Crippen LogP contribution in [0.3, 0.4) is 0 Å². The van der Waals surface area contributed by atoms with Crippen molar-refractivity contribution in [1.82, 2.24) is 15.6 Å². The van der Waals surface area contributed by atoms with E-state index in [4.69, 9.17) is 9.47 Å². The van der Waals surface area contributed by atoms with E-state index >= 15 is 0 Å². The lowest BCUT2D eigenvalue weighted by molar-refractivity contribution is 0.0940. The molecule has 1 fully saturated rings. The molecule has 0 radical (unpaired) electrons. The van der Waals surface area contributed by atoms with Crippen LogP contribution in [-0.2, 0) is 4.43 Å². The number of rotatable bonds is 8. The molecule has 3 amide bonds. The molecule has 2 aromatic carbocycles. The number of halogens is 1. The van der Waals surface area contributed by atoms with Gasteiger partial charge in [-0.3, -0.25) is 9.78 Å². The van der Waals surface area contributed by atoms with E-state index in [2.05, 4.69) is 43.5 Å². The molecule has 0 unspecified atom stereocenters. The minimum Gasteiger partial charge on any atom is -0.496 e. The first-order chi connectivity index (χ1) is 16.4. The van der Waals surface area contributed by atoms with Crippen LogP contribution in [0, 0.1) is 0 Å². The summed E-state index contributed by atoms with van der Waals surface area (Å²) in [6.07, 6.45) is 3.72. The number of anilines is 1. The molecule has 1 aliphatic carbocycles. The fourth-order valence-electron chi connectivity index (χ4n) is 3.49. The maximum atomic E-state index is 12.7.